The van der Waals surface area contributed by atoms with Crippen molar-refractivity contribution < 1.29 is 43.3 Å². The normalized spacial score (nSPS) is 22.8. The molecule has 5 heterocycles. The summed E-state index contributed by atoms with van der Waals surface area (Å²) in [7, 11) is -3.21. The number of benzene rings is 6. The number of anilines is 5. The van der Waals surface area contributed by atoms with Gasteiger partial charge >= 0.3 is 0 Å². The summed E-state index contributed by atoms with van der Waals surface area (Å²) >= 11 is 0. The monoisotopic (exact) mass is 926 g/mol. The first kappa shape index (κ1) is 43.5. The number of likely N-dealkylation sites (tertiary alicyclic amines) is 1. The maximum absolute atomic E-state index is 15.8. The van der Waals surface area contributed by atoms with Gasteiger partial charge in [-0.2, -0.15) is 0 Å². The minimum Gasteiger partial charge on any atom is -0.454 e. The van der Waals surface area contributed by atoms with Crippen LogP contribution in [0.2, 0.25) is 18.6 Å². The summed E-state index contributed by atoms with van der Waals surface area (Å²) in [5.41, 5.74) is 2.38. The van der Waals surface area contributed by atoms with E-state index in [1.165, 1.54) is 0 Å². The molecule has 0 bridgehead atoms. The Morgan fingerprint density at radius 3 is 1.88 bits per heavy atom. The smallest absolute Gasteiger partial charge is 0.266 e. The van der Waals surface area contributed by atoms with Crippen LogP contribution in [-0.2, 0) is 26.5 Å². The van der Waals surface area contributed by atoms with Gasteiger partial charge in [0.05, 0.1) is 59.9 Å². The SMILES string of the molecule is C[C@H]1[C@H]([Si](C)(C)O)[C@@H](CC(=O)N2CCC[C@H]2CO)O[C@]12C(=O)N(Cc1cccc(N3C(=O)c4ccccc4Oc4ccccc43)c1)c1ccc(N3C(=O)c4ccccc4Oc4ccccc43)cc12. The lowest BCUT2D eigenvalue weighted by Crippen LogP contribution is -2.46. The molecule has 68 heavy (non-hydrogen) atoms. The maximum Gasteiger partial charge on any atom is 0.266 e. The Morgan fingerprint density at radius 1 is 0.706 bits per heavy atom. The number of rotatable bonds is 8. The van der Waals surface area contributed by atoms with Crippen molar-refractivity contribution in [2.24, 2.45) is 5.92 Å². The van der Waals surface area contributed by atoms with Crippen LogP contribution in [0.5, 0.6) is 23.0 Å². The van der Waals surface area contributed by atoms with Crippen LogP contribution in [0.25, 0.3) is 0 Å². The zero-order chi connectivity index (χ0) is 47.1. The van der Waals surface area contributed by atoms with E-state index in [1.54, 1.807) is 62.1 Å². The molecule has 0 saturated carbocycles. The van der Waals surface area contributed by atoms with Crippen LogP contribution in [0.4, 0.5) is 28.4 Å². The Labute approximate surface area is 394 Å². The summed E-state index contributed by atoms with van der Waals surface area (Å²) < 4.78 is 19.8. The molecule has 0 aromatic heterocycles. The Hall–Kier alpha value is -7.10. The highest BCUT2D eigenvalue weighted by atomic mass is 28.4. The topological polar surface area (TPSA) is 149 Å². The molecule has 13 nitrogen and oxygen atoms in total. The number of nitrogens with zero attached hydrogens (tertiary/aromatic N) is 4. The fraction of sp³-hybridized carbons (Fsp3) is 0.259. The van der Waals surface area contributed by atoms with E-state index in [0.717, 1.165) is 6.42 Å². The van der Waals surface area contributed by atoms with Gasteiger partial charge in [-0.05, 0) is 110 Å². The van der Waals surface area contributed by atoms with E-state index in [1.807, 2.05) is 117 Å². The van der Waals surface area contributed by atoms with E-state index in [-0.39, 0.29) is 49.2 Å². The molecular weight excluding hydrogens is 877 g/mol. The summed E-state index contributed by atoms with van der Waals surface area (Å²) in [6.45, 7) is 5.98. The second-order valence-electron chi connectivity index (χ2n) is 18.8. The predicted molar refractivity (Wildman–Crippen MR) is 259 cm³/mol. The van der Waals surface area contributed by atoms with Gasteiger partial charge < -0.3 is 33.9 Å². The van der Waals surface area contributed by atoms with E-state index >= 15 is 4.79 Å². The highest BCUT2D eigenvalue weighted by Crippen LogP contribution is 2.61. The van der Waals surface area contributed by atoms with Gasteiger partial charge in [-0.3, -0.25) is 29.0 Å². The van der Waals surface area contributed by atoms with Crippen molar-refractivity contribution in [1.29, 1.82) is 0 Å². The number of amides is 4. The first-order chi connectivity index (χ1) is 32.9. The Kier molecular flexibility index (Phi) is 10.6. The van der Waals surface area contributed by atoms with Crippen LogP contribution in [0.3, 0.4) is 0 Å². The van der Waals surface area contributed by atoms with Gasteiger partial charge in [0.15, 0.2) is 25.4 Å². The van der Waals surface area contributed by atoms with E-state index in [4.69, 9.17) is 14.2 Å². The van der Waals surface area contributed by atoms with Crippen LogP contribution in [0.15, 0.2) is 140 Å². The van der Waals surface area contributed by atoms with Crippen LogP contribution < -0.4 is 24.2 Å². The first-order valence-corrected chi connectivity index (χ1v) is 26.2. The van der Waals surface area contributed by atoms with Crippen molar-refractivity contribution in [1.82, 2.24) is 4.90 Å². The molecule has 2 saturated heterocycles. The molecule has 5 atom stereocenters. The van der Waals surface area contributed by atoms with Crippen molar-refractivity contribution in [3.05, 3.63) is 162 Å². The molecule has 4 amide bonds. The van der Waals surface area contributed by atoms with Gasteiger partial charge in [-0.15, -0.1) is 0 Å². The number of aliphatic hydroxyl groups is 1. The van der Waals surface area contributed by atoms with Crippen LogP contribution in [0, 0.1) is 5.92 Å². The lowest BCUT2D eigenvalue weighted by molar-refractivity contribution is -0.150. The fourth-order valence-electron chi connectivity index (χ4n) is 11.3. The number of carbonyl (C=O) groups is 4. The second-order valence-corrected chi connectivity index (χ2v) is 22.8. The Balaban J connectivity index is 1.03. The van der Waals surface area contributed by atoms with Crippen molar-refractivity contribution in [2.75, 3.05) is 27.9 Å². The number of hydrogen-bond donors (Lipinski definition) is 2. The molecule has 5 aliphatic heterocycles. The standard InChI is InChI=1S/C54H50N4O9Si/c1-33-50(68(2,3)64)48(30-49(60)55-27-13-16-37(55)32-59)67-54(33)40-29-36(58-43-20-7-11-24-47(43)66-45-22-9-5-18-39(45)52(58)62)25-26-41(40)56(53(54)63)31-34-14-12-15-35(28-34)57-42-19-6-10-23-46(42)65-44-21-8-4-17-38(44)51(57)61/h4-12,14-15,17-26,28-29,33,37,48,50,59,64H,13,16,27,30-32H2,1-3H3/t33-,37-,48+,50-,54+/m0/s1. The number of carbonyl (C=O) groups excluding carboxylic acids is 4. The van der Waals surface area contributed by atoms with Crippen LogP contribution in [0.1, 0.15) is 58.0 Å². The Bertz CT molecular complexity index is 3050. The highest BCUT2D eigenvalue weighted by molar-refractivity contribution is 6.71. The third kappa shape index (κ3) is 6.92. The molecule has 2 fully saturated rings. The molecular formula is C54H50N4O9Si. The zero-order valence-electron chi connectivity index (χ0n) is 37.9. The molecule has 5 aliphatic rings. The van der Waals surface area contributed by atoms with Gasteiger partial charge in [-0.1, -0.05) is 67.6 Å². The maximum atomic E-state index is 15.8. The summed E-state index contributed by atoms with van der Waals surface area (Å²) in [6, 6.07) is 41.5. The molecule has 14 heteroatoms. The molecule has 344 valence electrons. The minimum absolute atomic E-state index is 0.0699. The molecule has 0 aliphatic carbocycles. The van der Waals surface area contributed by atoms with E-state index in [2.05, 4.69) is 0 Å². The summed E-state index contributed by atoms with van der Waals surface area (Å²) in [6.07, 6.45) is 0.535. The highest BCUT2D eigenvalue weighted by Gasteiger charge is 2.66. The van der Waals surface area contributed by atoms with Crippen molar-refractivity contribution >= 4 is 60.4 Å². The average molecular weight is 927 g/mol. The number of aliphatic hydroxyl groups excluding tert-OH is 1. The molecule has 1 spiro atoms. The number of fused-ring (bicyclic) bond motifs is 6. The summed E-state index contributed by atoms with van der Waals surface area (Å²) in [5, 5.41) is 10.1. The largest absolute Gasteiger partial charge is 0.454 e. The van der Waals surface area contributed by atoms with Gasteiger partial charge in [0.1, 0.15) is 11.5 Å². The van der Waals surface area contributed by atoms with E-state index in [9.17, 15) is 24.3 Å². The molecule has 0 radical (unpaired) electrons. The third-order valence-corrected chi connectivity index (χ3v) is 16.8. The molecule has 11 rings (SSSR count). The van der Waals surface area contributed by atoms with Gasteiger partial charge in [0, 0.05) is 34.9 Å². The molecule has 0 unspecified atom stereocenters. The molecule has 6 aromatic carbocycles. The summed E-state index contributed by atoms with van der Waals surface area (Å²) in [4.78, 5) is 77.9. The van der Waals surface area contributed by atoms with Gasteiger partial charge in [-0.25, -0.2) is 0 Å². The third-order valence-electron chi connectivity index (χ3n) is 14.3. The van der Waals surface area contributed by atoms with Crippen molar-refractivity contribution in [2.45, 2.75) is 69.1 Å². The van der Waals surface area contributed by atoms with Crippen LogP contribution in [-0.4, -0.2) is 72.0 Å². The lowest BCUT2D eigenvalue weighted by atomic mass is 9.82. The Morgan fingerprint density at radius 2 is 1.28 bits per heavy atom. The van der Waals surface area contributed by atoms with Crippen molar-refractivity contribution in [3.8, 4) is 23.0 Å². The van der Waals surface area contributed by atoms with Gasteiger partial charge in [0.2, 0.25) is 5.91 Å². The second kappa shape index (κ2) is 16.6. The average Bonchev–Trinajstić information content (AvgIpc) is 3.95. The number of hydrogen-bond acceptors (Lipinski definition) is 9. The first-order valence-electron chi connectivity index (χ1n) is 23.1. The zero-order valence-corrected chi connectivity index (χ0v) is 38.9. The van der Waals surface area contributed by atoms with E-state index < -0.39 is 31.5 Å². The van der Waals surface area contributed by atoms with E-state index in [0.29, 0.717) is 86.7 Å². The predicted octanol–water partition coefficient (Wildman–Crippen LogP) is 9.57. The van der Waals surface area contributed by atoms with Crippen molar-refractivity contribution in [3.63, 3.8) is 0 Å². The van der Waals surface area contributed by atoms with Crippen LogP contribution >= 0.6 is 0 Å². The fourth-order valence-corrected chi connectivity index (χ4v) is 13.9. The molecule has 2 N–H and O–H groups in total. The molecule has 6 aromatic rings. The quantitative estimate of drug-likeness (QED) is 0.142. The van der Waals surface area contributed by atoms with Gasteiger partial charge in [0.25, 0.3) is 17.7 Å². The number of ether oxygens (including phenoxy) is 3. The number of para-hydroxylation sites is 6. The lowest BCUT2D eigenvalue weighted by Gasteiger charge is -2.33. The minimum atomic E-state index is -3.21. The summed E-state index contributed by atoms with van der Waals surface area (Å²) in [5.74, 6) is 0.0465.